The molecular weight excluding hydrogens is 520 g/mol. The summed E-state index contributed by atoms with van der Waals surface area (Å²) >= 11 is 0. The number of allylic oxidation sites excluding steroid dienone is 1. The van der Waals surface area contributed by atoms with E-state index in [1.807, 2.05) is 0 Å². The summed E-state index contributed by atoms with van der Waals surface area (Å²) < 4.78 is 81.7. The predicted molar refractivity (Wildman–Crippen MR) is 135 cm³/mol. The Labute approximate surface area is 219 Å². The molecule has 2 aliphatic rings. The quantitative estimate of drug-likeness (QED) is 0.363. The van der Waals surface area contributed by atoms with Crippen molar-refractivity contribution in [1.29, 1.82) is 0 Å². The lowest BCUT2D eigenvalue weighted by atomic mass is 9.70. The Bertz CT molecular complexity index is 1440. The molecule has 11 heteroatoms. The van der Waals surface area contributed by atoms with Gasteiger partial charge in [-0.05, 0) is 78.6 Å². The summed E-state index contributed by atoms with van der Waals surface area (Å²) in [4.78, 5) is 4.19. The number of hydrogen-bond donors (Lipinski definition) is 0. The Morgan fingerprint density at radius 1 is 1.16 bits per heavy atom. The minimum Gasteiger partial charge on any atom is -0.261 e. The first-order valence-electron chi connectivity index (χ1n) is 12.4. The van der Waals surface area contributed by atoms with Gasteiger partial charge < -0.3 is 0 Å². The van der Waals surface area contributed by atoms with Gasteiger partial charge in [0.15, 0.2) is 5.75 Å². The van der Waals surface area contributed by atoms with Crippen LogP contribution < -0.4 is 0 Å². The number of sulfonamides is 1. The molecule has 0 spiro atoms. The number of hydrogen-bond acceptors (Lipinski definition) is 4. The molecule has 2 aliphatic carbocycles. The second kappa shape index (κ2) is 9.92. The summed E-state index contributed by atoms with van der Waals surface area (Å²) in [6.45, 7) is 1.98. The first kappa shape index (κ1) is 26.6. The van der Waals surface area contributed by atoms with Crippen LogP contribution in [0.15, 0.2) is 60.4 Å². The van der Waals surface area contributed by atoms with Crippen molar-refractivity contribution >= 4 is 16.1 Å². The third-order valence-corrected chi connectivity index (χ3v) is 9.54. The SMILES string of the molecule is C[C@]12Cc3cnn(-c4ccc(F)cc4)c3C=C1CC[C@@H]2CN(CCc1ccccn1)S(=O)(=O)CC(F)(F)F. The van der Waals surface area contributed by atoms with Gasteiger partial charge in [0.1, 0.15) is 5.82 Å². The van der Waals surface area contributed by atoms with Crippen LogP contribution in [0.5, 0.6) is 0 Å². The van der Waals surface area contributed by atoms with Crippen LogP contribution in [0.1, 0.15) is 36.7 Å². The molecular formula is C27H28F4N4O2S. The normalized spacial score (nSPS) is 21.3. The number of fused-ring (bicyclic) bond motifs is 2. The fourth-order valence-electron chi connectivity index (χ4n) is 5.69. The Balaban J connectivity index is 1.40. The van der Waals surface area contributed by atoms with Crippen LogP contribution in [-0.2, 0) is 22.9 Å². The third kappa shape index (κ3) is 5.40. The molecule has 2 aromatic heterocycles. The van der Waals surface area contributed by atoms with Crippen molar-refractivity contribution in [3.05, 3.63) is 83.2 Å². The van der Waals surface area contributed by atoms with E-state index in [-0.39, 0.29) is 31.2 Å². The maximum atomic E-state index is 13.4. The summed E-state index contributed by atoms with van der Waals surface area (Å²) in [5, 5.41) is 4.50. The fraction of sp³-hybridized carbons (Fsp3) is 0.407. The van der Waals surface area contributed by atoms with Crippen LogP contribution in [-0.4, -0.2) is 52.5 Å². The summed E-state index contributed by atoms with van der Waals surface area (Å²) in [6.07, 6.45) is 2.74. The summed E-state index contributed by atoms with van der Waals surface area (Å²) in [5.41, 5.74) is 3.90. The molecule has 202 valence electrons. The van der Waals surface area contributed by atoms with Gasteiger partial charge in [-0.1, -0.05) is 18.6 Å². The van der Waals surface area contributed by atoms with E-state index in [9.17, 15) is 26.0 Å². The zero-order valence-electron chi connectivity index (χ0n) is 20.8. The molecule has 0 amide bonds. The topological polar surface area (TPSA) is 68.1 Å². The van der Waals surface area contributed by atoms with Crippen molar-refractivity contribution in [2.75, 3.05) is 18.8 Å². The number of pyridine rings is 1. The number of halogens is 4. The van der Waals surface area contributed by atoms with E-state index in [4.69, 9.17) is 0 Å². The maximum Gasteiger partial charge on any atom is 0.404 e. The monoisotopic (exact) mass is 548 g/mol. The van der Waals surface area contributed by atoms with E-state index in [1.165, 1.54) is 12.1 Å². The lowest BCUT2D eigenvalue weighted by Gasteiger charge is -2.38. The summed E-state index contributed by atoms with van der Waals surface area (Å²) in [5.74, 6) is -2.39. The zero-order valence-corrected chi connectivity index (χ0v) is 21.6. The first-order chi connectivity index (χ1) is 17.9. The molecule has 3 aromatic rings. The third-order valence-electron chi connectivity index (χ3n) is 7.73. The molecule has 2 heterocycles. The van der Waals surface area contributed by atoms with Gasteiger partial charge in [-0.15, -0.1) is 0 Å². The van der Waals surface area contributed by atoms with Crippen molar-refractivity contribution < 1.29 is 26.0 Å². The van der Waals surface area contributed by atoms with Crippen LogP contribution in [0.4, 0.5) is 17.6 Å². The lowest BCUT2D eigenvalue weighted by Crippen LogP contribution is -2.44. The highest BCUT2D eigenvalue weighted by molar-refractivity contribution is 7.89. The molecule has 0 radical (unpaired) electrons. The second-order valence-electron chi connectivity index (χ2n) is 10.2. The molecule has 0 unspecified atom stereocenters. The molecule has 0 aliphatic heterocycles. The van der Waals surface area contributed by atoms with E-state index in [1.54, 1.807) is 47.4 Å². The maximum absolute atomic E-state index is 13.4. The first-order valence-corrected chi connectivity index (χ1v) is 14.0. The lowest BCUT2D eigenvalue weighted by molar-refractivity contribution is -0.107. The molecule has 38 heavy (non-hydrogen) atoms. The standard InChI is InChI=1S/C27H28F4N4O2S/c1-26-15-19-16-33-35(24-9-7-22(28)8-10-24)25(19)14-20(26)5-6-21(26)17-34(38(36,37)18-27(29,30)31)13-11-23-4-2-3-12-32-23/h2-4,7-10,12,14,16,21H,5-6,11,13,15,17-18H2,1H3/t21-,26+/m1/s1. The predicted octanol–water partition coefficient (Wildman–Crippen LogP) is 5.20. The minimum atomic E-state index is -4.83. The number of aromatic nitrogens is 3. The number of rotatable bonds is 8. The van der Waals surface area contributed by atoms with Gasteiger partial charge in [0.2, 0.25) is 10.0 Å². The molecule has 0 bridgehead atoms. The Morgan fingerprint density at radius 2 is 1.92 bits per heavy atom. The second-order valence-corrected chi connectivity index (χ2v) is 12.2. The highest BCUT2D eigenvalue weighted by Gasteiger charge is 2.48. The van der Waals surface area contributed by atoms with Gasteiger partial charge in [0.25, 0.3) is 0 Å². The van der Waals surface area contributed by atoms with Crippen molar-refractivity contribution in [2.24, 2.45) is 11.3 Å². The molecule has 6 nitrogen and oxygen atoms in total. The minimum absolute atomic E-state index is 0.000515. The number of nitrogens with zero attached hydrogens (tertiary/aromatic N) is 4. The molecule has 1 aromatic carbocycles. The van der Waals surface area contributed by atoms with E-state index < -0.39 is 27.4 Å². The molecule has 5 rings (SSSR count). The molecule has 2 atom stereocenters. The van der Waals surface area contributed by atoms with Gasteiger partial charge in [-0.25, -0.2) is 21.8 Å². The number of benzene rings is 1. The number of alkyl halides is 3. The van der Waals surface area contributed by atoms with Crippen LogP contribution in [0.25, 0.3) is 11.8 Å². The van der Waals surface area contributed by atoms with Gasteiger partial charge >= 0.3 is 6.18 Å². The Kier molecular flexibility index (Phi) is 6.93. The Morgan fingerprint density at radius 3 is 2.61 bits per heavy atom. The van der Waals surface area contributed by atoms with Crippen molar-refractivity contribution in [3.8, 4) is 5.69 Å². The van der Waals surface area contributed by atoms with E-state index in [2.05, 4.69) is 23.1 Å². The molecule has 0 N–H and O–H groups in total. The largest absolute Gasteiger partial charge is 0.404 e. The highest BCUT2D eigenvalue weighted by atomic mass is 32.2. The van der Waals surface area contributed by atoms with E-state index in [0.29, 0.717) is 25.0 Å². The van der Waals surface area contributed by atoms with Crippen molar-refractivity contribution in [1.82, 2.24) is 19.1 Å². The van der Waals surface area contributed by atoms with E-state index in [0.717, 1.165) is 26.8 Å². The van der Waals surface area contributed by atoms with Gasteiger partial charge in [-0.3, -0.25) is 4.98 Å². The highest BCUT2D eigenvalue weighted by Crippen LogP contribution is 2.53. The van der Waals surface area contributed by atoms with Crippen LogP contribution in [0, 0.1) is 17.2 Å². The van der Waals surface area contributed by atoms with Crippen molar-refractivity contribution in [2.45, 2.75) is 38.8 Å². The van der Waals surface area contributed by atoms with Crippen molar-refractivity contribution in [3.63, 3.8) is 0 Å². The van der Waals surface area contributed by atoms with Crippen LogP contribution >= 0.6 is 0 Å². The van der Waals surface area contributed by atoms with E-state index >= 15 is 0 Å². The summed E-state index contributed by atoms with van der Waals surface area (Å²) in [7, 11) is -4.58. The van der Waals surface area contributed by atoms with Gasteiger partial charge in [-0.2, -0.15) is 18.3 Å². The average Bonchev–Trinajstić information content (AvgIpc) is 3.39. The van der Waals surface area contributed by atoms with Crippen LogP contribution in [0.3, 0.4) is 0 Å². The smallest absolute Gasteiger partial charge is 0.261 e. The van der Waals surface area contributed by atoms with Gasteiger partial charge in [0, 0.05) is 31.4 Å². The summed E-state index contributed by atoms with van der Waals surface area (Å²) in [6, 6.07) is 11.3. The fourth-order valence-corrected chi connectivity index (χ4v) is 7.06. The average molecular weight is 549 g/mol. The Hall–Kier alpha value is -3.05. The molecule has 0 saturated heterocycles. The molecule has 1 saturated carbocycles. The van der Waals surface area contributed by atoms with Gasteiger partial charge in [0.05, 0.1) is 17.6 Å². The van der Waals surface area contributed by atoms with Crippen LogP contribution in [0.2, 0.25) is 0 Å². The molecule has 1 fully saturated rings. The zero-order chi connectivity index (χ0) is 27.1.